The van der Waals surface area contributed by atoms with Gasteiger partial charge < -0.3 is 20.9 Å². The van der Waals surface area contributed by atoms with Crippen molar-refractivity contribution in [1.29, 1.82) is 0 Å². The van der Waals surface area contributed by atoms with Crippen molar-refractivity contribution in [2.75, 3.05) is 26.2 Å². The number of fused-ring (bicyclic) bond motifs is 1. The van der Waals surface area contributed by atoms with Gasteiger partial charge in [-0.15, -0.1) is 6.58 Å². The van der Waals surface area contributed by atoms with Crippen LogP contribution in [0.4, 0.5) is 0 Å². The van der Waals surface area contributed by atoms with Crippen LogP contribution in [0.2, 0.25) is 0 Å². The lowest BCUT2D eigenvalue weighted by Crippen LogP contribution is -2.63. The molecule has 3 saturated carbocycles. The molecule has 7 atom stereocenters. The third-order valence-electron chi connectivity index (χ3n) is 15.1. The Labute approximate surface area is 340 Å². The van der Waals surface area contributed by atoms with E-state index in [4.69, 9.17) is 0 Å². The Bertz CT molecular complexity index is 1770. The minimum absolute atomic E-state index is 0.0259. The molecule has 2 spiro atoms. The van der Waals surface area contributed by atoms with Crippen molar-refractivity contribution in [2.24, 2.45) is 33.0 Å². The van der Waals surface area contributed by atoms with E-state index in [1.165, 1.54) is 4.31 Å². The number of carbonyl (C=O) groups is 5. The molecule has 0 aromatic carbocycles. The average Bonchev–Trinajstić information content (AvgIpc) is 3.53. The number of likely N-dealkylation sites (tertiary alicyclic amines) is 2. The Morgan fingerprint density at radius 2 is 1.40 bits per heavy atom. The van der Waals surface area contributed by atoms with Gasteiger partial charge in [0.25, 0.3) is 5.91 Å². The Morgan fingerprint density at radius 3 is 1.89 bits per heavy atom. The molecule has 14 nitrogen and oxygen atoms in total. The molecular formula is C42H69N7O7S. The van der Waals surface area contributed by atoms with Crippen molar-refractivity contribution in [3.8, 4) is 0 Å². The zero-order chi connectivity index (χ0) is 42.3. The Kier molecular flexibility index (Phi) is 11.2. The predicted octanol–water partition coefficient (Wildman–Crippen LogP) is 3.24. The van der Waals surface area contributed by atoms with Gasteiger partial charge in [-0.05, 0) is 93.4 Å². The van der Waals surface area contributed by atoms with Gasteiger partial charge in [-0.2, -0.15) is 12.7 Å². The first-order valence-corrected chi connectivity index (χ1v) is 22.7. The lowest BCUT2D eigenvalue weighted by Gasteiger charge is -2.39. The SMILES string of the molecule is C=C[C@@H]1C[C@]1(NC(=O)[C@@H]1C[C@@]2(CN1C(=O)[C@@H](NC(=O)[C@@H](NC(=O)[C@@H]1CCCN1C(C)C)C(C)(C)C)C(C)(C)C)C(C)(C)C21CCC1)C(=O)NS(=O)(=O)N1CCCC1. The van der Waals surface area contributed by atoms with Gasteiger partial charge >= 0.3 is 10.2 Å². The van der Waals surface area contributed by atoms with E-state index in [-0.39, 0.29) is 40.7 Å². The van der Waals surface area contributed by atoms with Crippen LogP contribution < -0.4 is 20.7 Å². The summed E-state index contributed by atoms with van der Waals surface area (Å²) in [6, 6.07) is -3.14. The lowest BCUT2D eigenvalue weighted by atomic mass is 9.73. The molecule has 0 radical (unpaired) electrons. The number of amides is 5. The lowest BCUT2D eigenvalue weighted by molar-refractivity contribution is -0.145. The van der Waals surface area contributed by atoms with E-state index in [1.54, 1.807) is 11.0 Å². The molecule has 3 aliphatic carbocycles. The second-order valence-electron chi connectivity index (χ2n) is 21.0. The highest BCUT2D eigenvalue weighted by Crippen LogP contribution is 2.88. The van der Waals surface area contributed by atoms with Gasteiger partial charge in [0, 0.05) is 37.0 Å². The molecule has 57 heavy (non-hydrogen) atoms. The van der Waals surface area contributed by atoms with Crippen molar-refractivity contribution in [3.05, 3.63) is 12.7 Å². The van der Waals surface area contributed by atoms with Gasteiger partial charge in [0.15, 0.2) is 0 Å². The third kappa shape index (κ3) is 7.23. The zero-order valence-corrected chi connectivity index (χ0v) is 36.9. The first-order valence-electron chi connectivity index (χ1n) is 21.2. The van der Waals surface area contributed by atoms with Gasteiger partial charge in [-0.25, -0.2) is 4.72 Å². The molecule has 3 saturated heterocycles. The van der Waals surface area contributed by atoms with Crippen LogP contribution in [0.15, 0.2) is 12.7 Å². The molecule has 320 valence electrons. The van der Waals surface area contributed by atoms with E-state index in [2.05, 4.69) is 59.8 Å². The summed E-state index contributed by atoms with van der Waals surface area (Å²) in [6.07, 6.45) is 8.20. The average molecular weight is 816 g/mol. The van der Waals surface area contributed by atoms with Crippen molar-refractivity contribution < 1.29 is 32.4 Å². The molecule has 0 bridgehead atoms. The summed E-state index contributed by atoms with van der Waals surface area (Å²) in [5.74, 6) is -2.92. The molecule has 3 heterocycles. The second-order valence-corrected chi connectivity index (χ2v) is 22.7. The molecular weight excluding hydrogens is 747 g/mol. The first-order chi connectivity index (χ1) is 26.3. The number of hydrogen-bond donors (Lipinski definition) is 4. The number of rotatable bonds is 12. The molecule has 6 rings (SSSR count). The molecule has 5 amide bonds. The van der Waals surface area contributed by atoms with E-state index in [0.717, 1.165) is 32.2 Å². The fourth-order valence-electron chi connectivity index (χ4n) is 11.2. The monoisotopic (exact) mass is 815 g/mol. The Morgan fingerprint density at radius 1 is 0.789 bits per heavy atom. The molecule has 0 aromatic heterocycles. The first kappa shape index (κ1) is 43.5. The van der Waals surface area contributed by atoms with E-state index in [9.17, 15) is 27.6 Å². The largest absolute Gasteiger partial charge is 0.342 e. The minimum Gasteiger partial charge on any atom is -0.342 e. The van der Waals surface area contributed by atoms with E-state index in [0.29, 0.717) is 45.3 Å². The van der Waals surface area contributed by atoms with E-state index >= 15 is 4.79 Å². The molecule has 0 aromatic rings. The van der Waals surface area contributed by atoms with Crippen LogP contribution in [0.1, 0.15) is 127 Å². The normalized spacial score (nSPS) is 31.8. The smallest absolute Gasteiger partial charge is 0.303 e. The fraction of sp³-hybridized carbons (Fsp3) is 0.833. The number of nitrogens with zero attached hydrogens (tertiary/aromatic N) is 3. The zero-order valence-electron chi connectivity index (χ0n) is 36.0. The third-order valence-corrected chi connectivity index (χ3v) is 16.6. The summed E-state index contributed by atoms with van der Waals surface area (Å²) in [6.45, 7) is 25.4. The van der Waals surface area contributed by atoms with Crippen molar-refractivity contribution >= 4 is 39.7 Å². The summed E-state index contributed by atoms with van der Waals surface area (Å²) >= 11 is 0. The van der Waals surface area contributed by atoms with E-state index in [1.807, 2.05) is 41.5 Å². The molecule has 0 unspecified atom stereocenters. The quantitative estimate of drug-likeness (QED) is 0.217. The summed E-state index contributed by atoms with van der Waals surface area (Å²) in [4.78, 5) is 75.5. The number of hydrogen-bond acceptors (Lipinski definition) is 8. The van der Waals surface area contributed by atoms with Crippen LogP contribution in [-0.2, 0) is 34.2 Å². The van der Waals surface area contributed by atoms with Gasteiger partial charge in [0.05, 0.1) is 6.04 Å². The highest BCUT2D eigenvalue weighted by Gasteiger charge is 2.85. The summed E-state index contributed by atoms with van der Waals surface area (Å²) < 4.78 is 29.8. The maximum absolute atomic E-state index is 15.1. The predicted molar refractivity (Wildman–Crippen MR) is 217 cm³/mol. The summed E-state index contributed by atoms with van der Waals surface area (Å²) in [7, 11) is -4.11. The van der Waals surface area contributed by atoms with Gasteiger partial charge in [-0.1, -0.05) is 67.9 Å². The topological polar surface area (TPSA) is 177 Å². The molecule has 15 heteroatoms. The van der Waals surface area contributed by atoms with Crippen LogP contribution in [0.3, 0.4) is 0 Å². The second kappa shape index (κ2) is 14.6. The fourth-order valence-corrected chi connectivity index (χ4v) is 12.5. The van der Waals surface area contributed by atoms with Crippen LogP contribution >= 0.6 is 0 Å². The highest BCUT2D eigenvalue weighted by molar-refractivity contribution is 7.87. The van der Waals surface area contributed by atoms with E-state index < -0.39 is 74.3 Å². The van der Waals surface area contributed by atoms with Crippen molar-refractivity contribution in [3.63, 3.8) is 0 Å². The molecule has 6 fully saturated rings. The minimum atomic E-state index is -4.11. The number of carbonyl (C=O) groups excluding carboxylic acids is 5. The van der Waals surface area contributed by atoms with Crippen LogP contribution in [0, 0.1) is 33.0 Å². The van der Waals surface area contributed by atoms with Gasteiger partial charge in [-0.3, -0.25) is 28.9 Å². The van der Waals surface area contributed by atoms with Crippen LogP contribution in [0.5, 0.6) is 0 Å². The van der Waals surface area contributed by atoms with Crippen molar-refractivity contribution in [2.45, 2.75) is 163 Å². The maximum Gasteiger partial charge on any atom is 0.303 e. The molecule has 4 N–H and O–H groups in total. The van der Waals surface area contributed by atoms with Crippen LogP contribution in [0.25, 0.3) is 0 Å². The standard InChI is InChI=1S/C42H69N7O7S/c1-12-27-23-42(27,36(54)46-57(55,56)47-20-13-14-21-47)45-33(51)29-24-41(39(10,11)40(41)18-16-19-40)25-49(29)35(53)31(38(7,8)9)44-34(52)30(37(4,5)6)43-32(50)28-17-15-22-48(28)26(2)3/h12,26-31H,1,13-25H2,2-11H3,(H,43,50)(H,44,52)(H,45,51)(H,46,54)/t27-,28+,29+,30-,31-,41-,42-/m1/s1. The van der Waals surface area contributed by atoms with Crippen molar-refractivity contribution in [1.82, 2.24) is 34.8 Å². The summed E-state index contributed by atoms with van der Waals surface area (Å²) in [5.41, 5.74) is -3.53. The molecule has 6 aliphatic rings. The highest BCUT2D eigenvalue weighted by atomic mass is 32.2. The van der Waals surface area contributed by atoms with Crippen LogP contribution in [-0.4, -0.2) is 114 Å². The molecule has 3 aliphatic heterocycles. The summed E-state index contributed by atoms with van der Waals surface area (Å²) in [5, 5.41) is 9.05. The maximum atomic E-state index is 15.1. The Balaban J connectivity index is 1.27. The Hall–Kier alpha value is -3.04. The van der Waals surface area contributed by atoms with Gasteiger partial charge in [0.1, 0.15) is 23.7 Å². The van der Waals surface area contributed by atoms with Gasteiger partial charge in [0.2, 0.25) is 23.6 Å². The number of nitrogens with one attached hydrogen (secondary N) is 4.